The average Bonchev–Trinajstić information content (AvgIpc) is 2.30. The second kappa shape index (κ2) is 3.83. The molecule has 67 valence electrons. The molecule has 0 saturated carbocycles. The normalized spacial score (nSPS) is 9.71. The van der Waals surface area contributed by atoms with Gasteiger partial charge in [-0.15, -0.1) is 0 Å². The van der Waals surface area contributed by atoms with Crippen molar-refractivity contribution in [3.63, 3.8) is 0 Å². The maximum atomic E-state index is 10.4. The summed E-state index contributed by atoms with van der Waals surface area (Å²) in [5, 5.41) is 0. The second-order valence-corrected chi connectivity index (χ2v) is 2.90. The third kappa shape index (κ3) is 1.69. The van der Waals surface area contributed by atoms with Crippen LogP contribution in [0.3, 0.4) is 0 Å². The molecule has 1 radical (unpaired) electrons. The van der Waals surface area contributed by atoms with Crippen molar-refractivity contribution >= 4 is 6.29 Å². The van der Waals surface area contributed by atoms with E-state index in [4.69, 9.17) is 0 Å². The summed E-state index contributed by atoms with van der Waals surface area (Å²) < 4.78 is 0. The molecule has 0 unspecified atom stereocenters. The summed E-state index contributed by atoms with van der Waals surface area (Å²) in [7, 11) is 0. The summed E-state index contributed by atoms with van der Waals surface area (Å²) >= 11 is 0. The zero-order chi connectivity index (χ0) is 9.80. The van der Waals surface area contributed by atoms with Crippen LogP contribution in [0.25, 0.3) is 11.3 Å². The molecule has 0 aliphatic rings. The van der Waals surface area contributed by atoms with Crippen molar-refractivity contribution in [1.82, 2.24) is 4.98 Å². The lowest BCUT2D eigenvalue weighted by Gasteiger charge is -1.99. The average molecular weight is 182 g/mol. The summed E-state index contributed by atoms with van der Waals surface area (Å²) in [5.74, 6) is 0. The monoisotopic (exact) mass is 182 g/mol. The Labute approximate surface area is 82.2 Å². The highest BCUT2D eigenvalue weighted by molar-refractivity contribution is 5.78. The van der Waals surface area contributed by atoms with Crippen molar-refractivity contribution in [2.75, 3.05) is 0 Å². The highest BCUT2D eigenvalue weighted by Crippen LogP contribution is 2.16. The highest BCUT2D eigenvalue weighted by Gasteiger charge is 1.98. The summed E-state index contributed by atoms with van der Waals surface area (Å²) in [5.41, 5.74) is 2.35. The van der Waals surface area contributed by atoms with E-state index in [1.807, 2.05) is 36.6 Å². The molecule has 0 bridgehead atoms. The van der Waals surface area contributed by atoms with Gasteiger partial charge in [-0.05, 0) is 18.2 Å². The fraction of sp³-hybridized carbons (Fsp3) is 0. The quantitative estimate of drug-likeness (QED) is 0.712. The van der Waals surface area contributed by atoms with Gasteiger partial charge in [-0.25, -0.2) is 0 Å². The van der Waals surface area contributed by atoms with Crippen molar-refractivity contribution in [3.05, 3.63) is 54.2 Å². The van der Waals surface area contributed by atoms with Crippen molar-refractivity contribution < 1.29 is 4.79 Å². The molecule has 0 atom stereocenters. The van der Waals surface area contributed by atoms with E-state index in [2.05, 4.69) is 4.98 Å². The number of hydrogen-bond donors (Lipinski definition) is 0. The molecule has 1 heterocycles. The molecule has 0 amide bonds. The van der Waals surface area contributed by atoms with Gasteiger partial charge >= 0.3 is 0 Å². The van der Waals surface area contributed by atoms with Crippen LogP contribution >= 0.6 is 0 Å². The third-order valence-electron chi connectivity index (χ3n) is 1.94. The van der Waals surface area contributed by atoms with Crippen LogP contribution in [0.4, 0.5) is 0 Å². The predicted molar refractivity (Wildman–Crippen MR) is 54.5 cm³/mol. The minimum atomic E-state index is 0.549. The Morgan fingerprint density at radius 2 is 2.00 bits per heavy atom. The lowest BCUT2D eigenvalue weighted by atomic mass is 10.1. The SMILES string of the molecule is O=[C]c1cccc(-c2ccccn2)c1. The minimum Gasteiger partial charge on any atom is -0.285 e. The first-order valence-electron chi connectivity index (χ1n) is 4.30. The molecular weight excluding hydrogens is 174 g/mol. The highest BCUT2D eigenvalue weighted by atomic mass is 16.1. The lowest BCUT2D eigenvalue weighted by molar-refractivity contribution is 0.563. The molecule has 2 nitrogen and oxygen atoms in total. The fourth-order valence-electron chi connectivity index (χ4n) is 1.28. The molecule has 2 heteroatoms. The van der Waals surface area contributed by atoms with Gasteiger partial charge in [-0.2, -0.15) is 0 Å². The van der Waals surface area contributed by atoms with Gasteiger partial charge in [-0.3, -0.25) is 9.78 Å². The van der Waals surface area contributed by atoms with E-state index in [1.165, 1.54) is 0 Å². The van der Waals surface area contributed by atoms with Crippen LogP contribution in [0.2, 0.25) is 0 Å². The molecule has 2 aromatic rings. The number of carbonyl (C=O) groups excluding carboxylic acids is 1. The molecule has 0 aliphatic carbocycles. The zero-order valence-corrected chi connectivity index (χ0v) is 7.47. The van der Waals surface area contributed by atoms with Gasteiger partial charge in [0.1, 0.15) is 0 Å². The van der Waals surface area contributed by atoms with Gasteiger partial charge in [0.05, 0.1) is 5.69 Å². The summed E-state index contributed by atoms with van der Waals surface area (Å²) in [6.07, 6.45) is 3.59. The third-order valence-corrected chi connectivity index (χ3v) is 1.94. The minimum absolute atomic E-state index is 0.549. The van der Waals surface area contributed by atoms with Crippen molar-refractivity contribution in [1.29, 1.82) is 0 Å². The van der Waals surface area contributed by atoms with Crippen LogP contribution in [-0.4, -0.2) is 11.3 Å². The number of hydrogen-bond acceptors (Lipinski definition) is 2. The van der Waals surface area contributed by atoms with E-state index in [0.29, 0.717) is 5.56 Å². The van der Waals surface area contributed by atoms with Crippen LogP contribution < -0.4 is 0 Å². The Morgan fingerprint density at radius 3 is 2.71 bits per heavy atom. The Balaban J connectivity index is 2.47. The molecular formula is C12H8NO. The lowest BCUT2D eigenvalue weighted by Crippen LogP contribution is -1.84. The number of benzene rings is 1. The van der Waals surface area contributed by atoms with Gasteiger partial charge in [0.2, 0.25) is 6.29 Å². The van der Waals surface area contributed by atoms with E-state index < -0.39 is 0 Å². The standard InChI is InChI=1S/C12H8NO/c14-9-10-4-3-5-11(8-10)12-6-1-2-7-13-12/h1-8H. The van der Waals surface area contributed by atoms with Crippen molar-refractivity contribution in [2.24, 2.45) is 0 Å². The molecule has 0 aliphatic heterocycles. The first kappa shape index (κ1) is 8.63. The fourth-order valence-corrected chi connectivity index (χ4v) is 1.28. The number of pyridine rings is 1. The molecule has 14 heavy (non-hydrogen) atoms. The van der Waals surface area contributed by atoms with Gasteiger partial charge in [0, 0.05) is 17.3 Å². The Hall–Kier alpha value is -1.96. The Bertz CT molecular complexity index is 437. The first-order chi connectivity index (χ1) is 6.90. The summed E-state index contributed by atoms with van der Waals surface area (Å²) in [6, 6.07) is 12.9. The van der Waals surface area contributed by atoms with Crippen LogP contribution in [0, 0.1) is 0 Å². The summed E-state index contributed by atoms with van der Waals surface area (Å²) in [4.78, 5) is 14.6. The molecule has 0 saturated heterocycles. The Morgan fingerprint density at radius 1 is 1.07 bits per heavy atom. The molecule has 0 spiro atoms. The predicted octanol–water partition coefficient (Wildman–Crippen LogP) is 2.21. The maximum absolute atomic E-state index is 10.4. The molecule has 0 N–H and O–H groups in total. The van der Waals surface area contributed by atoms with Crippen molar-refractivity contribution in [3.8, 4) is 11.3 Å². The summed E-state index contributed by atoms with van der Waals surface area (Å²) in [6.45, 7) is 0. The first-order valence-corrected chi connectivity index (χ1v) is 4.30. The number of nitrogens with zero attached hydrogens (tertiary/aromatic N) is 1. The maximum Gasteiger partial charge on any atom is 0.233 e. The smallest absolute Gasteiger partial charge is 0.233 e. The number of aromatic nitrogens is 1. The van der Waals surface area contributed by atoms with Crippen molar-refractivity contribution in [2.45, 2.75) is 0 Å². The van der Waals surface area contributed by atoms with Gasteiger partial charge in [0.15, 0.2) is 0 Å². The van der Waals surface area contributed by atoms with Gasteiger partial charge < -0.3 is 0 Å². The van der Waals surface area contributed by atoms with Crippen LogP contribution in [0.15, 0.2) is 48.7 Å². The van der Waals surface area contributed by atoms with E-state index in [0.717, 1.165) is 11.3 Å². The second-order valence-electron chi connectivity index (χ2n) is 2.90. The van der Waals surface area contributed by atoms with Crippen LogP contribution in [0.5, 0.6) is 0 Å². The molecule has 1 aromatic heterocycles. The van der Waals surface area contributed by atoms with E-state index in [9.17, 15) is 4.79 Å². The van der Waals surface area contributed by atoms with Crippen LogP contribution in [-0.2, 0) is 4.79 Å². The van der Waals surface area contributed by atoms with Gasteiger partial charge in [0.25, 0.3) is 0 Å². The molecule has 1 aromatic carbocycles. The Kier molecular flexibility index (Phi) is 2.36. The van der Waals surface area contributed by atoms with Crippen LogP contribution in [0.1, 0.15) is 5.56 Å². The largest absolute Gasteiger partial charge is 0.285 e. The molecule has 0 fully saturated rings. The van der Waals surface area contributed by atoms with E-state index in [-0.39, 0.29) is 0 Å². The van der Waals surface area contributed by atoms with E-state index >= 15 is 0 Å². The van der Waals surface area contributed by atoms with Gasteiger partial charge in [-0.1, -0.05) is 24.3 Å². The topological polar surface area (TPSA) is 30.0 Å². The zero-order valence-electron chi connectivity index (χ0n) is 7.47. The van der Waals surface area contributed by atoms with E-state index in [1.54, 1.807) is 18.3 Å². The molecule has 2 rings (SSSR count). The number of rotatable bonds is 2.